The van der Waals surface area contributed by atoms with Crippen molar-refractivity contribution in [3.63, 3.8) is 0 Å². The van der Waals surface area contributed by atoms with Crippen molar-refractivity contribution >= 4 is 34.8 Å². The van der Waals surface area contributed by atoms with Gasteiger partial charge in [0.15, 0.2) is 0 Å². The molecule has 2 bridgehead atoms. The molecule has 1 amide bonds. The molecule has 1 aromatic carbocycles. The zero-order valence-electron chi connectivity index (χ0n) is 17.7. The fourth-order valence-electron chi connectivity index (χ4n) is 5.34. The van der Waals surface area contributed by atoms with Crippen LogP contribution in [0.15, 0.2) is 30.6 Å². The van der Waals surface area contributed by atoms with Crippen molar-refractivity contribution < 1.29 is 9.72 Å². The van der Waals surface area contributed by atoms with E-state index in [4.69, 9.17) is 11.6 Å². The van der Waals surface area contributed by atoms with Crippen LogP contribution >= 0.6 is 11.6 Å². The van der Waals surface area contributed by atoms with Crippen molar-refractivity contribution in [2.45, 2.75) is 46.1 Å². The number of amides is 1. The van der Waals surface area contributed by atoms with Crippen LogP contribution in [-0.2, 0) is 0 Å². The molecule has 164 valence electrons. The first-order valence-electron chi connectivity index (χ1n) is 10.1. The van der Waals surface area contributed by atoms with Gasteiger partial charge in [0.05, 0.1) is 4.92 Å². The maximum atomic E-state index is 12.4. The summed E-state index contributed by atoms with van der Waals surface area (Å²) in [5.74, 6) is -0.227. The largest absolute Gasteiger partial charge is 0.355 e. The second-order valence-electron chi connectivity index (χ2n) is 9.58. The highest BCUT2D eigenvalue weighted by Crippen LogP contribution is 2.54. The minimum absolute atomic E-state index is 0.0526. The first-order valence-corrected chi connectivity index (χ1v) is 10.5. The summed E-state index contributed by atoms with van der Waals surface area (Å²) in [6.07, 6.45) is 4.27. The third-order valence-corrected chi connectivity index (χ3v) is 6.33. The molecule has 9 nitrogen and oxygen atoms in total. The number of benzene rings is 1. The molecule has 1 saturated heterocycles. The molecule has 2 atom stereocenters. The number of anilines is 2. The molecule has 10 heteroatoms. The molecule has 2 aliphatic rings. The molecule has 0 spiro atoms. The lowest BCUT2D eigenvalue weighted by molar-refractivity contribution is -0.383. The predicted octanol–water partition coefficient (Wildman–Crippen LogP) is 4.20. The molecular formula is C21H25ClN6O3. The first-order chi connectivity index (χ1) is 14.6. The number of hydrogen-bond donors (Lipinski definition) is 2. The lowest BCUT2D eigenvalue weighted by atomic mass is 9.65. The lowest BCUT2D eigenvalue weighted by Gasteiger charge is -2.39. The number of carbonyl (C=O) groups excluding carboxylic acids is 1. The zero-order chi connectivity index (χ0) is 22.4. The number of halogens is 1. The fourth-order valence-corrected chi connectivity index (χ4v) is 5.46. The van der Waals surface area contributed by atoms with Gasteiger partial charge >= 0.3 is 5.69 Å². The molecule has 0 radical (unpaired) electrons. The number of rotatable bonds is 5. The van der Waals surface area contributed by atoms with Crippen LogP contribution in [0.25, 0.3) is 0 Å². The third-order valence-electron chi connectivity index (χ3n) is 6.07. The van der Waals surface area contributed by atoms with E-state index < -0.39 is 10.8 Å². The molecule has 2 unspecified atom stereocenters. The maximum Gasteiger partial charge on any atom is 0.355 e. The Morgan fingerprint density at radius 2 is 1.94 bits per heavy atom. The summed E-state index contributed by atoms with van der Waals surface area (Å²) in [7, 11) is 0. The van der Waals surface area contributed by atoms with Gasteiger partial charge in [0.1, 0.15) is 6.33 Å². The Bertz CT molecular complexity index is 1030. The molecule has 1 aliphatic heterocycles. The predicted molar refractivity (Wildman–Crippen MR) is 118 cm³/mol. The number of fused-ring (bicyclic) bond motifs is 2. The highest BCUT2D eigenvalue weighted by Gasteiger charge is 2.51. The number of carbonyl (C=O) groups is 1. The minimum atomic E-state index is -0.498. The summed E-state index contributed by atoms with van der Waals surface area (Å²) in [6, 6.07) is 6.49. The van der Waals surface area contributed by atoms with E-state index >= 15 is 0 Å². The average molecular weight is 445 g/mol. The maximum absolute atomic E-state index is 12.4. The molecule has 2 fully saturated rings. The Morgan fingerprint density at radius 3 is 2.61 bits per heavy atom. The molecule has 1 aliphatic carbocycles. The topological polar surface area (TPSA) is 113 Å². The van der Waals surface area contributed by atoms with Crippen molar-refractivity contribution in [3.8, 4) is 0 Å². The number of hydrazine groups is 1. The summed E-state index contributed by atoms with van der Waals surface area (Å²) in [5, 5.41) is 12.5. The van der Waals surface area contributed by atoms with Crippen LogP contribution in [0.4, 0.5) is 17.3 Å². The first kappa shape index (κ1) is 21.3. The molecule has 4 rings (SSSR count). The van der Waals surface area contributed by atoms with Crippen molar-refractivity contribution in [1.29, 1.82) is 0 Å². The summed E-state index contributed by atoms with van der Waals surface area (Å²) in [6.45, 7) is 7.43. The van der Waals surface area contributed by atoms with E-state index in [0.29, 0.717) is 17.1 Å². The van der Waals surface area contributed by atoms with Crippen LogP contribution in [0.1, 0.15) is 50.4 Å². The van der Waals surface area contributed by atoms with E-state index in [1.54, 1.807) is 24.3 Å². The monoisotopic (exact) mass is 444 g/mol. The van der Waals surface area contributed by atoms with Gasteiger partial charge in [0.2, 0.25) is 11.6 Å². The summed E-state index contributed by atoms with van der Waals surface area (Å²) in [4.78, 5) is 34.2. The Morgan fingerprint density at radius 1 is 1.23 bits per heavy atom. The van der Waals surface area contributed by atoms with Crippen LogP contribution in [0.5, 0.6) is 0 Å². The Kier molecular flexibility index (Phi) is 5.25. The fraction of sp³-hybridized carbons (Fsp3) is 0.476. The molecule has 31 heavy (non-hydrogen) atoms. The molecule has 1 saturated carbocycles. The van der Waals surface area contributed by atoms with E-state index in [1.165, 1.54) is 6.33 Å². The Balaban J connectivity index is 1.60. The molecule has 2 aromatic rings. The lowest BCUT2D eigenvalue weighted by Crippen LogP contribution is -2.35. The van der Waals surface area contributed by atoms with E-state index in [9.17, 15) is 14.9 Å². The van der Waals surface area contributed by atoms with Gasteiger partial charge in [0.25, 0.3) is 5.91 Å². The number of aromatic nitrogens is 2. The van der Waals surface area contributed by atoms with Gasteiger partial charge in [-0.2, -0.15) is 0 Å². The Hall–Kier alpha value is -2.94. The third kappa shape index (κ3) is 4.27. The van der Waals surface area contributed by atoms with Crippen LogP contribution in [0.2, 0.25) is 5.02 Å². The zero-order valence-corrected chi connectivity index (χ0v) is 18.4. The smallest absolute Gasteiger partial charge is 0.347 e. The summed E-state index contributed by atoms with van der Waals surface area (Å²) in [5.41, 5.74) is 5.44. The van der Waals surface area contributed by atoms with Crippen LogP contribution in [0, 0.1) is 20.9 Å². The van der Waals surface area contributed by atoms with Crippen molar-refractivity contribution in [3.05, 3.63) is 51.3 Å². The van der Waals surface area contributed by atoms with E-state index in [2.05, 4.69) is 41.6 Å². The molecule has 1 aromatic heterocycles. The summed E-state index contributed by atoms with van der Waals surface area (Å²) < 4.78 is 0. The van der Waals surface area contributed by atoms with Gasteiger partial charge in [0, 0.05) is 23.2 Å². The number of hydrogen-bond acceptors (Lipinski definition) is 7. The second-order valence-corrected chi connectivity index (χ2v) is 10.0. The molecular weight excluding hydrogens is 420 g/mol. The van der Waals surface area contributed by atoms with Gasteiger partial charge < -0.3 is 4.90 Å². The molecule has 2 heterocycles. The molecule has 2 N–H and O–H groups in total. The highest BCUT2D eigenvalue weighted by molar-refractivity contribution is 6.30. The SMILES string of the molecule is CC1(C)CC2CC(C)(CN2c2ncnc(NNC(=O)c3ccc(Cl)cc3)c2[N+](=O)[O-])C1. The van der Waals surface area contributed by atoms with Gasteiger partial charge in [-0.1, -0.05) is 32.4 Å². The van der Waals surface area contributed by atoms with Crippen LogP contribution < -0.4 is 15.8 Å². The van der Waals surface area contributed by atoms with E-state index in [0.717, 1.165) is 19.3 Å². The number of nitrogens with zero attached hydrogens (tertiary/aromatic N) is 4. The minimum Gasteiger partial charge on any atom is -0.347 e. The highest BCUT2D eigenvalue weighted by atomic mass is 35.5. The van der Waals surface area contributed by atoms with Crippen molar-refractivity contribution in [1.82, 2.24) is 15.4 Å². The van der Waals surface area contributed by atoms with Crippen LogP contribution in [0.3, 0.4) is 0 Å². The second kappa shape index (κ2) is 7.64. The quantitative estimate of drug-likeness (QED) is 0.524. The normalized spacial score (nSPS) is 24.0. The van der Waals surface area contributed by atoms with E-state index in [-0.39, 0.29) is 34.2 Å². The van der Waals surface area contributed by atoms with Gasteiger partial charge in [-0.15, -0.1) is 0 Å². The van der Waals surface area contributed by atoms with Crippen molar-refractivity contribution in [2.75, 3.05) is 16.9 Å². The van der Waals surface area contributed by atoms with Gasteiger partial charge in [-0.3, -0.25) is 25.8 Å². The Labute approximate surface area is 185 Å². The van der Waals surface area contributed by atoms with Crippen molar-refractivity contribution in [2.24, 2.45) is 10.8 Å². The van der Waals surface area contributed by atoms with E-state index in [1.807, 2.05) is 4.90 Å². The number of nitro groups is 1. The number of nitrogens with one attached hydrogen (secondary N) is 2. The standard InChI is InChI=1S/C21H25ClN6O3/c1-20(2)8-15-9-21(3,10-20)11-27(15)18-16(28(30)31)17(23-12-24-18)25-26-19(29)13-4-6-14(22)7-5-13/h4-7,12,15H,8-11H2,1-3H3,(H,26,29)(H,23,24,25). The van der Waals surface area contributed by atoms with Gasteiger partial charge in [-0.05, 0) is 54.4 Å². The van der Waals surface area contributed by atoms with Gasteiger partial charge in [-0.25, -0.2) is 9.97 Å². The van der Waals surface area contributed by atoms with Crippen LogP contribution in [-0.4, -0.2) is 33.4 Å². The average Bonchev–Trinajstić information content (AvgIpc) is 2.94. The summed E-state index contributed by atoms with van der Waals surface area (Å²) >= 11 is 5.85.